The molecule has 0 saturated heterocycles. The summed E-state index contributed by atoms with van der Waals surface area (Å²) in [5, 5.41) is 11.0. The molecular formula is C13H9ClN2O2S. The fourth-order valence-corrected chi connectivity index (χ4v) is 2.45. The summed E-state index contributed by atoms with van der Waals surface area (Å²) in [4.78, 5) is 15.5. The highest BCUT2D eigenvalue weighted by Gasteiger charge is 2.09. The Kier molecular flexibility index (Phi) is 4.25. The minimum atomic E-state index is -0.332. The van der Waals surface area contributed by atoms with E-state index in [1.54, 1.807) is 24.3 Å². The second-order valence-corrected chi connectivity index (χ2v) is 5.08. The van der Waals surface area contributed by atoms with Crippen LogP contribution in [0.5, 0.6) is 0 Å². The molecule has 0 unspecified atom stereocenters. The van der Waals surface area contributed by atoms with Crippen molar-refractivity contribution in [1.29, 1.82) is 5.26 Å². The first-order valence-corrected chi connectivity index (χ1v) is 6.70. The van der Waals surface area contributed by atoms with Gasteiger partial charge in [0.1, 0.15) is 0 Å². The summed E-state index contributed by atoms with van der Waals surface area (Å²) in [5.41, 5.74) is 1.16. The van der Waals surface area contributed by atoms with E-state index in [1.165, 1.54) is 18.9 Å². The zero-order chi connectivity index (χ0) is 13.8. The van der Waals surface area contributed by atoms with Crippen molar-refractivity contribution in [2.24, 2.45) is 0 Å². The predicted molar refractivity (Wildman–Crippen MR) is 74.2 cm³/mol. The number of carbonyl (C=O) groups is 1. The second-order valence-electron chi connectivity index (χ2n) is 3.65. The Morgan fingerprint density at radius 1 is 1.53 bits per heavy atom. The molecule has 0 N–H and O–H groups in total. The molecule has 0 aliphatic heterocycles. The van der Waals surface area contributed by atoms with Gasteiger partial charge >= 0.3 is 5.97 Å². The van der Waals surface area contributed by atoms with Gasteiger partial charge in [-0.1, -0.05) is 23.4 Å². The summed E-state index contributed by atoms with van der Waals surface area (Å²) in [6.45, 7) is 0. The summed E-state index contributed by atoms with van der Waals surface area (Å²) in [6, 6.07) is 8.93. The second kappa shape index (κ2) is 5.91. The van der Waals surface area contributed by atoms with Crippen molar-refractivity contribution in [2.75, 3.05) is 12.9 Å². The summed E-state index contributed by atoms with van der Waals surface area (Å²) in [6.07, 6.45) is 0. The fourth-order valence-electron chi connectivity index (χ4n) is 1.53. The monoisotopic (exact) mass is 292 g/mol. The van der Waals surface area contributed by atoms with E-state index in [1.807, 2.05) is 0 Å². The highest BCUT2D eigenvalue weighted by atomic mass is 35.5. The lowest BCUT2D eigenvalue weighted by atomic mass is 10.1. The number of aromatic nitrogens is 1. The predicted octanol–water partition coefficient (Wildman–Crippen LogP) is 3.02. The normalized spacial score (nSPS) is 10.2. The topological polar surface area (TPSA) is 63.0 Å². The van der Waals surface area contributed by atoms with Gasteiger partial charge in [-0.2, -0.15) is 5.26 Å². The minimum Gasteiger partial charge on any atom is -0.468 e. The fraction of sp³-hybridized carbons (Fsp3) is 0.154. The molecule has 2 rings (SSSR count). The van der Waals surface area contributed by atoms with Crippen molar-refractivity contribution >= 4 is 40.2 Å². The van der Waals surface area contributed by atoms with E-state index < -0.39 is 0 Å². The van der Waals surface area contributed by atoms with Gasteiger partial charge in [-0.15, -0.1) is 0 Å². The average molecular weight is 293 g/mol. The molecule has 0 radical (unpaired) electrons. The Balaban J connectivity index is 2.40. The zero-order valence-corrected chi connectivity index (χ0v) is 11.6. The van der Waals surface area contributed by atoms with Gasteiger partial charge in [0, 0.05) is 10.4 Å². The number of esters is 1. The van der Waals surface area contributed by atoms with Crippen molar-refractivity contribution in [3.8, 4) is 6.07 Å². The van der Waals surface area contributed by atoms with Crippen molar-refractivity contribution in [3.63, 3.8) is 0 Å². The molecule has 1 aromatic heterocycles. The van der Waals surface area contributed by atoms with E-state index in [9.17, 15) is 4.79 Å². The highest BCUT2D eigenvalue weighted by molar-refractivity contribution is 7.99. The van der Waals surface area contributed by atoms with Gasteiger partial charge in [0.2, 0.25) is 0 Å². The van der Waals surface area contributed by atoms with Gasteiger partial charge in [-0.25, -0.2) is 4.98 Å². The number of fused-ring (bicyclic) bond motifs is 1. The number of thioether (sulfide) groups is 1. The summed E-state index contributed by atoms with van der Waals surface area (Å²) in [7, 11) is 1.33. The molecule has 0 bridgehead atoms. The lowest BCUT2D eigenvalue weighted by Gasteiger charge is -2.05. The van der Waals surface area contributed by atoms with Crippen LogP contribution < -0.4 is 0 Å². The number of hydrogen-bond acceptors (Lipinski definition) is 5. The van der Waals surface area contributed by atoms with Crippen LogP contribution >= 0.6 is 23.4 Å². The Bertz CT molecular complexity index is 682. The first kappa shape index (κ1) is 13.7. The molecule has 2 aromatic rings. The molecule has 4 nitrogen and oxygen atoms in total. The SMILES string of the molecule is COC(=O)CSc1cc(C#N)c2cc(Cl)ccc2n1. The van der Waals surface area contributed by atoms with Crippen LogP contribution in [0.2, 0.25) is 5.02 Å². The lowest BCUT2D eigenvalue weighted by Crippen LogP contribution is -2.03. The van der Waals surface area contributed by atoms with Gasteiger partial charge < -0.3 is 4.74 Å². The van der Waals surface area contributed by atoms with Crippen LogP contribution in [0.15, 0.2) is 29.3 Å². The molecule has 0 aliphatic carbocycles. The van der Waals surface area contributed by atoms with E-state index in [2.05, 4.69) is 15.8 Å². The Labute approximate surface area is 119 Å². The van der Waals surface area contributed by atoms with E-state index >= 15 is 0 Å². The van der Waals surface area contributed by atoms with Crippen LogP contribution in [0.3, 0.4) is 0 Å². The first-order chi connectivity index (χ1) is 9.13. The first-order valence-electron chi connectivity index (χ1n) is 5.34. The number of pyridine rings is 1. The van der Waals surface area contributed by atoms with Crippen LogP contribution in [0.25, 0.3) is 10.9 Å². The molecule has 0 spiro atoms. The third kappa shape index (κ3) is 3.16. The summed E-state index contributed by atoms with van der Waals surface area (Å²) in [5.74, 6) is -0.172. The third-order valence-corrected chi connectivity index (χ3v) is 3.55. The lowest BCUT2D eigenvalue weighted by molar-refractivity contribution is -0.137. The Morgan fingerprint density at radius 3 is 3.00 bits per heavy atom. The molecule has 0 aliphatic rings. The number of nitrogens with zero attached hydrogens (tertiary/aromatic N) is 2. The molecule has 0 atom stereocenters. The number of methoxy groups -OCH3 is 1. The van der Waals surface area contributed by atoms with Gasteiger partial charge in [0.15, 0.2) is 0 Å². The Morgan fingerprint density at radius 2 is 2.32 bits per heavy atom. The molecule has 0 fully saturated rings. The number of carbonyl (C=O) groups excluding carboxylic acids is 1. The smallest absolute Gasteiger partial charge is 0.316 e. The third-order valence-electron chi connectivity index (χ3n) is 2.43. The van der Waals surface area contributed by atoms with Crippen molar-refractivity contribution in [2.45, 2.75) is 5.03 Å². The van der Waals surface area contributed by atoms with E-state index in [-0.39, 0.29) is 11.7 Å². The molecule has 0 amide bonds. The number of rotatable bonds is 3. The minimum absolute atomic E-state index is 0.160. The van der Waals surface area contributed by atoms with Crippen LogP contribution in [0.1, 0.15) is 5.56 Å². The van der Waals surface area contributed by atoms with Crippen LogP contribution in [0, 0.1) is 11.3 Å². The maximum absolute atomic E-state index is 11.1. The van der Waals surface area contributed by atoms with Crippen LogP contribution in [0.4, 0.5) is 0 Å². The molecule has 1 heterocycles. The van der Waals surface area contributed by atoms with Gasteiger partial charge in [-0.05, 0) is 24.3 Å². The van der Waals surface area contributed by atoms with Crippen molar-refractivity contribution in [3.05, 3.63) is 34.9 Å². The molecule has 1 aromatic carbocycles. The number of halogens is 1. The number of benzene rings is 1. The molecular weight excluding hydrogens is 284 g/mol. The largest absolute Gasteiger partial charge is 0.468 e. The number of hydrogen-bond donors (Lipinski definition) is 0. The van der Waals surface area contributed by atoms with Crippen molar-refractivity contribution < 1.29 is 9.53 Å². The quantitative estimate of drug-likeness (QED) is 0.643. The van der Waals surface area contributed by atoms with Gasteiger partial charge in [-0.3, -0.25) is 4.79 Å². The van der Waals surface area contributed by atoms with E-state index in [4.69, 9.17) is 16.9 Å². The van der Waals surface area contributed by atoms with E-state index in [0.29, 0.717) is 26.5 Å². The standard InChI is InChI=1S/C13H9ClN2O2S/c1-18-13(17)7-19-12-4-8(6-15)10-5-9(14)2-3-11(10)16-12/h2-5H,7H2,1H3. The molecule has 6 heteroatoms. The van der Waals surface area contributed by atoms with E-state index in [0.717, 1.165) is 0 Å². The highest BCUT2D eigenvalue weighted by Crippen LogP contribution is 2.26. The van der Waals surface area contributed by atoms with Crippen LogP contribution in [-0.4, -0.2) is 23.8 Å². The molecule has 96 valence electrons. The average Bonchev–Trinajstić information content (AvgIpc) is 2.43. The van der Waals surface area contributed by atoms with Gasteiger partial charge in [0.25, 0.3) is 0 Å². The van der Waals surface area contributed by atoms with Crippen LogP contribution in [-0.2, 0) is 9.53 Å². The van der Waals surface area contributed by atoms with Gasteiger partial charge in [0.05, 0.1) is 35.0 Å². The summed E-state index contributed by atoms with van der Waals surface area (Å²) >= 11 is 7.14. The Hall–Kier alpha value is -1.77. The molecule has 19 heavy (non-hydrogen) atoms. The van der Waals surface area contributed by atoms with Crippen molar-refractivity contribution in [1.82, 2.24) is 4.98 Å². The number of nitriles is 1. The maximum atomic E-state index is 11.1. The number of ether oxygens (including phenoxy) is 1. The maximum Gasteiger partial charge on any atom is 0.316 e. The molecule has 0 saturated carbocycles. The summed E-state index contributed by atoms with van der Waals surface area (Å²) < 4.78 is 4.56. The zero-order valence-electron chi connectivity index (χ0n) is 10.0.